The van der Waals surface area contributed by atoms with E-state index in [2.05, 4.69) is 6.92 Å². The molecule has 0 N–H and O–H groups in total. The SMILES string of the molecule is C[C@]12CCC(=O)[C@H]1C(Cl)C2Cl. The molecule has 0 bridgehead atoms. The van der Waals surface area contributed by atoms with E-state index in [1.54, 1.807) is 0 Å². The summed E-state index contributed by atoms with van der Waals surface area (Å²) in [5.74, 6) is 0.357. The standard InChI is InChI=1S/C8H10Cl2O/c1-8-3-2-4(11)5(8)6(9)7(8)10/h5-7H,2-3H2,1H3/t5-,6?,7?,8-/m0/s1. The van der Waals surface area contributed by atoms with E-state index in [0.29, 0.717) is 12.2 Å². The average Bonchev–Trinajstić information content (AvgIpc) is 2.25. The average molecular weight is 193 g/mol. The van der Waals surface area contributed by atoms with E-state index in [9.17, 15) is 4.79 Å². The van der Waals surface area contributed by atoms with Gasteiger partial charge in [0.25, 0.3) is 0 Å². The molecular formula is C8H10Cl2O. The Kier molecular flexibility index (Phi) is 1.53. The number of rotatable bonds is 0. The fourth-order valence-corrected chi connectivity index (χ4v) is 3.44. The van der Waals surface area contributed by atoms with Crippen LogP contribution in [0, 0.1) is 11.3 Å². The molecule has 3 heteroatoms. The summed E-state index contributed by atoms with van der Waals surface area (Å²) in [6, 6.07) is 0. The molecule has 11 heavy (non-hydrogen) atoms. The van der Waals surface area contributed by atoms with Gasteiger partial charge in [-0.05, 0) is 11.8 Å². The topological polar surface area (TPSA) is 17.1 Å². The van der Waals surface area contributed by atoms with Gasteiger partial charge in [0.2, 0.25) is 0 Å². The highest BCUT2D eigenvalue weighted by Crippen LogP contribution is 2.59. The lowest BCUT2D eigenvalue weighted by Crippen LogP contribution is -2.56. The van der Waals surface area contributed by atoms with Crippen molar-refractivity contribution in [1.29, 1.82) is 0 Å². The summed E-state index contributed by atoms with van der Waals surface area (Å²) in [5, 5.41) is -0.114. The molecule has 0 aromatic heterocycles. The number of alkyl halides is 2. The Morgan fingerprint density at radius 2 is 2.18 bits per heavy atom. The van der Waals surface area contributed by atoms with Crippen LogP contribution in [-0.2, 0) is 4.79 Å². The lowest BCUT2D eigenvalue weighted by molar-refractivity contribution is -0.125. The van der Waals surface area contributed by atoms with Crippen molar-refractivity contribution in [2.75, 3.05) is 0 Å². The molecular weight excluding hydrogens is 183 g/mol. The van der Waals surface area contributed by atoms with Crippen molar-refractivity contribution in [2.24, 2.45) is 11.3 Å². The van der Waals surface area contributed by atoms with Crippen molar-refractivity contribution in [3.8, 4) is 0 Å². The Morgan fingerprint density at radius 1 is 1.55 bits per heavy atom. The number of Topliss-reactive ketones (excluding diaryl/α,β-unsaturated/α-hetero) is 1. The molecule has 0 amide bonds. The van der Waals surface area contributed by atoms with Gasteiger partial charge in [0.1, 0.15) is 5.78 Å². The Labute approximate surface area is 76.1 Å². The molecule has 2 aliphatic rings. The van der Waals surface area contributed by atoms with Crippen LogP contribution in [0.2, 0.25) is 0 Å². The molecule has 0 aromatic carbocycles. The second kappa shape index (κ2) is 2.14. The van der Waals surface area contributed by atoms with Gasteiger partial charge < -0.3 is 0 Å². The predicted molar refractivity (Wildman–Crippen MR) is 45.1 cm³/mol. The smallest absolute Gasteiger partial charge is 0.138 e. The van der Waals surface area contributed by atoms with Crippen LogP contribution in [0.5, 0.6) is 0 Å². The quantitative estimate of drug-likeness (QED) is 0.539. The summed E-state index contributed by atoms with van der Waals surface area (Å²) in [5.41, 5.74) is 0.0189. The monoisotopic (exact) mass is 192 g/mol. The third-order valence-corrected chi connectivity index (χ3v) is 4.60. The minimum Gasteiger partial charge on any atom is -0.299 e. The largest absolute Gasteiger partial charge is 0.299 e. The van der Waals surface area contributed by atoms with Crippen molar-refractivity contribution in [3.05, 3.63) is 0 Å². The molecule has 2 fully saturated rings. The van der Waals surface area contributed by atoms with E-state index in [-0.39, 0.29) is 22.1 Å². The van der Waals surface area contributed by atoms with E-state index >= 15 is 0 Å². The van der Waals surface area contributed by atoms with Crippen molar-refractivity contribution in [1.82, 2.24) is 0 Å². The Bertz CT molecular complexity index is 216. The van der Waals surface area contributed by atoms with Gasteiger partial charge in [-0.3, -0.25) is 4.79 Å². The van der Waals surface area contributed by atoms with Crippen molar-refractivity contribution >= 4 is 29.0 Å². The first-order valence-corrected chi connectivity index (χ1v) is 4.75. The number of fused-ring (bicyclic) bond motifs is 1. The van der Waals surface area contributed by atoms with E-state index < -0.39 is 0 Å². The first kappa shape index (κ1) is 7.88. The molecule has 4 atom stereocenters. The van der Waals surface area contributed by atoms with Crippen molar-refractivity contribution < 1.29 is 4.79 Å². The maximum absolute atomic E-state index is 11.3. The number of carbonyl (C=O) groups is 1. The molecule has 2 unspecified atom stereocenters. The molecule has 2 aliphatic carbocycles. The Morgan fingerprint density at radius 3 is 2.73 bits per heavy atom. The van der Waals surface area contributed by atoms with E-state index in [0.717, 1.165) is 6.42 Å². The van der Waals surface area contributed by atoms with Gasteiger partial charge in [-0.15, -0.1) is 23.2 Å². The van der Waals surface area contributed by atoms with Crippen LogP contribution in [-0.4, -0.2) is 16.5 Å². The highest BCUT2D eigenvalue weighted by atomic mass is 35.5. The summed E-state index contributed by atoms with van der Waals surface area (Å²) in [7, 11) is 0. The van der Waals surface area contributed by atoms with Gasteiger partial charge in [0, 0.05) is 12.3 Å². The zero-order valence-corrected chi connectivity index (χ0v) is 7.82. The fraction of sp³-hybridized carbons (Fsp3) is 0.875. The molecule has 62 valence electrons. The second-order valence-corrected chi connectivity index (χ2v) is 4.77. The molecule has 0 radical (unpaired) electrons. The van der Waals surface area contributed by atoms with Gasteiger partial charge in [-0.1, -0.05) is 6.92 Å². The molecule has 0 saturated heterocycles. The number of ketones is 1. The molecule has 0 heterocycles. The van der Waals surface area contributed by atoms with Crippen LogP contribution in [0.3, 0.4) is 0 Å². The van der Waals surface area contributed by atoms with E-state index in [1.165, 1.54) is 0 Å². The number of carbonyl (C=O) groups excluding carboxylic acids is 1. The predicted octanol–water partition coefficient (Wildman–Crippen LogP) is 2.20. The Hall–Kier alpha value is 0.250. The van der Waals surface area contributed by atoms with Gasteiger partial charge in [0.15, 0.2) is 0 Å². The second-order valence-electron chi connectivity index (χ2n) is 3.80. The molecule has 0 aliphatic heterocycles. The van der Waals surface area contributed by atoms with E-state index in [1.807, 2.05) is 0 Å². The fourth-order valence-electron chi connectivity index (χ4n) is 2.34. The summed E-state index contributed by atoms with van der Waals surface area (Å²) < 4.78 is 0. The number of hydrogen-bond acceptors (Lipinski definition) is 1. The Balaban J connectivity index is 2.28. The maximum atomic E-state index is 11.3. The summed E-state index contributed by atoms with van der Waals surface area (Å²) in [4.78, 5) is 11.3. The van der Waals surface area contributed by atoms with Gasteiger partial charge in [-0.25, -0.2) is 0 Å². The molecule has 0 spiro atoms. The first-order valence-electron chi connectivity index (χ1n) is 3.88. The maximum Gasteiger partial charge on any atom is 0.138 e. The molecule has 2 rings (SSSR count). The summed E-state index contributed by atoms with van der Waals surface area (Å²) >= 11 is 12.0. The third kappa shape index (κ3) is 0.762. The third-order valence-electron chi connectivity index (χ3n) is 3.20. The molecule has 0 aromatic rings. The van der Waals surface area contributed by atoms with Crippen molar-refractivity contribution in [3.63, 3.8) is 0 Å². The van der Waals surface area contributed by atoms with Crippen LogP contribution in [0.4, 0.5) is 0 Å². The normalized spacial score (nSPS) is 55.5. The minimum absolute atomic E-state index is 0.000571. The molecule has 2 saturated carbocycles. The first-order chi connectivity index (χ1) is 5.07. The van der Waals surface area contributed by atoms with Gasteiger partial charge in [-0.2, -0.15) is 0 Å². The van der Waals surface area contributed by atoms with Crippen LogP contribution in [0.15, 0.2) is 0 Å². The highest BCUT2D eigenvalue weighted by molar-refractivity contribution is 6.33. The molecule has 1 nitrogen and oxygen atoms in total. The van der Waals surface area contributed by atoms with Crippen LogP contribution >= 0.6 is 23.2 Å². The van der Waals surface area contributed by atoms with Crippen LogP contribution in [0.25, 0.3) is 0 Å². The lowest BCUT2D eigenvalue weighted by Gasteiger charge is -2.50. The summed E-state index contributed by atoms with van der Waals surface area (Å²) in [6.07, 6.45) is 1.60. The zero-order valence-electron chi connectivity index (χ0n) is 6.31. The van der Waals surface area contributed by atoms with Crippen LogP contribution in [0.1, 0.15) is 19.8 Å². The van der Waals surface area contributed by atoms with Crippen molar-refractivity contribution in [2.45, 2.75) is 30.5 Å². The van der Waals surface area contributed by atoms with Crippen LogP contribution < -0.4 is 0 Å². The number of hydrogen-bond donors (Lipinski definition) is 0. The zero-order chi connectivity index (χ0) is 8.22. The number of halogens is 2. The van der Waals surface area contributed by atoms with Gasteiger partial charge in [0.05, 0.1) is 10.8 Å². The summed E-state index contributed by atoms with van der Waals surface area (Å²) in [6.45, 7) is 2.07. The minimum atomic E-state index is -0.114. The van der Waals surface area contributed by atoms with Gasteiger partial charge >= 0.3 is 0 Å². The lowest BCUT2D eigenvalue weighted by atomic mass is 9.62. The van der Waals surface area contributed by atoms with E-state index in [4.69, 9.17) is 23.2 Å². The highest BCUT2D eigenvalue weighted by Gasteiger charge is 2.63.